The van der Waals surface area contributed by atoms with Crippen LogP contribution in [0.5, 0.6) is 0 Å². The van der Waals surface area contributed by atoms with Crippen LogP contribution in [0.4, 0.5) is 15.2 Å². The van der Waals surface area contributed by atoms with E-state index in [1.807, 2.05) is 6.07 Å². The minimum absolute atomic E-state index is 0.0895. The molecule has 0 fully saturated rings. The van der Waals surface area contributed by atoms with Crippen LogP contribution in [-0.4, -0.2) is 18.1 Å². The van der Waals surface area contributed by atoms with Gasteiger partial charge in [-0.1, -0.05) is 11.3 Å². The molecule has 1 N–H and O–H groups in total. The number of nitrogens with zero attached hydrogens (tertiary/aromatic N) is 2. The largest absolute Gasteiger partial charge is 0.465 e. The molecule has 0 aliphatic rings. The number of methoxy groups -OCH3 is 1. The molecule has 0 saturated carbocycles. The molecule has 0 atom stereocenters. The van der Waals surface area contributed by atoms with Crippen LogP contribution < -0.4 is 5.32 Å². The molecule has 3 rings (SSSR count). The maximum Gasteiger partial charge on any atom is 0.340 e. The van der Waals surface area contributed by atoms with Gasteiger partial charge in [-0.2, -0.15) is 5.26 Å². The van der Waals surface area contributed by atoms with Crippen molar-refractivity contribution in [3.63, 3.8) is 0 Å². The molecular weight excluding hydrogens is 317 g/mol. The molecule has 2 aromatic carbocycles. The predicted octanol–water partition coefficient (Wildman–Crippen LogP) is 3.84. The van der Waals surface area contributed by atoms with Gasteiger partial charge in [0.1, 0.15) is 5.82 Å². The second kappa shape index (κ2) is 6.02. The Morgan fingerprint density at radius 1 is 1.35 bits per heavy atom. The van der Waals surface area contributed by atoms with Crippen LogP contribution in [0.15, 0.2) is 36.4 Å². The summed E-state index contributed by atoms with van der Waals surface area (Å²) in [5.74, 6) is -1.16. The third-order valence-corrected chi connectivity index (χ3v) is 4.05. The highest BCUT2D eigenvalue weighted by molar-refractivity contribution is 7.22. The molecule has 23 heavy (non-hydrogen) atoms. The highest BCUT2D eigenvalue weighted by atomic mass is 32.1. The van der Waals surface area contributed by atoms with Gasteiger partial charge in [0.25, 0.3) is 0 Å². The fraction of sp³-hybridized carbons (Fsp3) is 0.0625. The van der Waals surface area contributed by atoms with Gasteiger partial charge >= 0.3 is 5.97 Å². The van der Waals surface area contributed by atoms with Crippen LogP contribution in [-0.2, 0) is 4.74 Å². The predicted molar refractivity (Wildman–Crippen MR) is 85.4 cm³/mol. The monoisotopic (exact) mass is 327 g/mol. The first-order valence-electron chi connectivity index (χ1n) is 6.56. The van der Waals surface area contributed by atoms with Crippen molar-refractivity contribution < 1.29 is 13.9 Å². The number of hydrogen-bond acceptors (Lipinski definition) is 6. The van der Waals surface area contributed by atoms with E-state index in [0.717, 1.165) is 11.8 Å². The van der Waals surface area contributed by atoms with Crippen LogP contribution >= 0.6 is 11.3 Å². The summed E-state index contributed by atoms with van der Waals surface area (Å²) in [4.78, 5) is 16.1. The average molecular weight is 327 g/mol. The molecule has 0 unspecified atom stereocenters. The zero-order chi connectivity index (χ0) is 16.4. The van der Waals surface area contributed by atoms with Gasteiger partial charge in [-0.25, -0.2) is 14.2 Å². The van der Waals surface area contributed by atoms with E-state index in [9.17, 15) is 9.18 Å². The number of esters is 1. The Morgan fingerprint density at radius 2 is 2.09 bits per heavy atom. The van der Waals surface area contributed by atoms with E-state index in [-0.39, 0.29) is 5.56 Å². The molecule has 0 radical (unpaired) electrons. The molecule has 7 heteroatoms. The van der Waals surface area contributed by atoms with Gasteiger partial charge in [0.05, 0.1) is 34.5 Å². The van der Waals surface area contributed by atoms with Crippen LogP contribution in [0.1, 0.15) is 15.9 Å². The van der Waals surface area contributed by atoms with Gasteiger partial charge in [0, 0.05) is 5.69 Å². The van der Waals surface area contributed by atoms with Crippen LogP contribution in [0.25, 0.3) is 10.2 Å². The Kier molecular flexibility index (Phi) is 3.91. The molecule has 0 bridgehead atoms. The van der Waals surface area contributed by atoms with Crippen molar-refractivity contribution in [1.29, 1.82) is 5.26 Å². The van der Waals surface area contributed by atoms with Gasteiger partial charge in [0.2, 0.25) is 0 Å². The Hall–Kier alpha value is -2.98. The molecule has 5 nitrogen and oxygen atoms in total. The maximum absolute atomic E-state index is 13.6. The molecule has 0 aliphatic heterocycles. The number of nitrogens with one attached hydrogen (secondary N) is 1. The summed E-state index contributed by atoms with van der Waals surface area (Å²) >= 11 is 1.22. The molecular formula is C16H10FN3O2S. The van der Waals surface area contributed by atoms with Gasteiger partial charge < -0.3 is 10.1 Å². The first-order chi connectivity index (χ1) is 11.1. The molecule has 0 saturated heterocycles. The number of fused-ring (bicyclic) bond motifs is 1. The Labute approximate surface area is 135 Å². The zero-order valence-electron chi connectivity index (χ0n) is 12.0. The van der Waals surface area contributed by atoms with Crippen LogP contribution in [0.2, 0.25) is 0 Å². The van der Waals surface area contributed by atoms with E-state index < -0.39 is 11.8 Å². The standard InChI is InChI=1S/C16H10FN3O2S/c1-22-15(21)12-6-10(17)7-13-14(12)20-16(23-13)19-11-4-2-9(8-18)3-5-11/h2-7H,1H3,(H,19,20). The third-order valence-electron chi connectivity index (χ3n) is 3.13. The maximum atomic E-state index is 13.6. The minimum atomic E-state index is -0.635. The van der Waals surface area contributed by atoms with Crippen molar-refractivity contribution in [2.75, 3.05) is 12.4 Å². The molecule has 114 valence electrons. The van der Waals surface area contributed by atoms with Crippen molar-refractivity contribution in [2.24, 2.45) is 0 Å². The fourth-order valence-corrected chi connectivity index (χ4v) is 3.00. The summed E-state index contributed by atoms with van der Waals surface area (Å²) in [5.41, 5.74) is 1.77. The summed E-state index contributed by atoms with van der Waals surface area (Å²) in [7, 11) is 1.24. The first kappa shape index (κ1) is 14.9. The van der Waals surface area contributed by atoms with Gasteiger partial charge in [-0.05, 0) is 36.4 Å². The Balaban J connectivity index is 1.99. The first-order valence-corrected chi connectivity index (χ1v) is 7.38. The zero-order valence-corrected chi connectivity index (χ0v) is 12.8. The average Bonchev–Trinajstić information content (AvgIpc) is 2.96. The summed E-state index contributed by atoms with van der Waals surface area (Å²) in [5, 5.41) is 12.4. The summed E-state index contributed by atoms with van der Waals surface area (Å²) < 4.78 is 18.8. The van der Waals surface area contributed by atoms with Crippen molar-refractivity contribution in [3.05, 3.63) is 53.3 Å². The van der Waals surface area contributed by atoms with Crippen molar-refractivity contribution in [2.45, 2.75) is 0 Å². The van der Waals surface area contributed by atoms with Crippen LogP contribution in [0.3, 0.4) is 0 Å². The number of ether oxygens (including phenoxy) is 1. The highest BCUT2D eigenvalue weighted by Gasteiger charge is 2.16. The number of thiazole rings is 1. The third kappa shape index (κ3) is 2.98. The molecule has 3 aromatic rings. The quantitative estimate of drug-likeness (QED) is 0.740. The number of hydrogen-bond donors (Lipinski definition) is 1. The topological polar surface area (TPSA) is 75.0 Å². The van der Waals surface area contributed by atoms with Gasteiger partial charge in [-0.15, -0.1) is 0 Å². The second-order valence-electron chi connectivity index (χ2n) is 4.62. The number of carbonyl (C=O) groups excluding carboxylic acids is 1. The lowest BCUT2D eigenvalue weighted by atomic mass is 10.2. The van der Waals surface area contributed by atoms with E-state index in [2.05, 4.69) is 15.0 Å². The van der Waals surface area contributed by atoms with Crippen molar-refractivity contribution in [3.8, 4) is 6.07 Å². The van der Waals surface area contributed by atoms with E-state index in [0.29, 0.717) is 20.9 Å². The molecule has 0 aliphatic carbocycles. The number of aromatic nitrogens is 1. The number of halogens is 1. The summed E-state index contributed by atoms with van der Waals surface area (Å²) in [6.07, 6.45) is 0. The second-order valence-corrected chi connectivity index (χ2v) is 5.66. The SMILES string of the molecule is COC(=O)c1cc(F)cc2sc(Nc3ccc(C#N)cc3)nc12. The fourth-order valence-electron chi connectivity index (χ4n) is 2.07. The number of rotatable bonds is 3. The van der Waals surface area contributed by atoms with E-state index in [1.54, 1.807) is 24.3 Å². The number of benzene rings is 2. The number of nitriles is 1. The molecule has 1 heterocycles. The van der Waals surface area contributed by atoms with Crippen molar-refractivity contribution in [1.82, 2.24) is 4.98 Å². The lowest BCUT2D eigenvalue weighted by Gasteiger charge is -2.01. The lowest BCUT2D eigenvalue weighted by Crippen LogP contribution is -2.02. The smallest absolute Gasteiger partial charge is 0.340 e. The Morgan fingerprint density at radius 3 is 2.74 bits per heavy atom. The molecule has 0 spiro atoms. The lowest BCUT2D eigenvalue weighted by molar-refractivity contribution is 0.0602. The highest BCUT2D eigenvalue weighted by Crippen LogP contribution is 2.31. The molecule has 1 aromatic heterocycles. The summed E-state index contributed by atoms with van der Waals surface area (Å²) in [6, 6.07) is 11.3. The van der Waals surface area contributed by atoms with E-state index in [4.69, 9.17) is 5.26 Å². The van der Waals surface area contributed by atoms with Crippen molar-refractivity contribution >= 4 is 38.3 Å². The number of anilines is 2. The van der Waals surface area contributed by atoms with Gasteiger partial charge in [0.15, 0.2) is 5.13 Å². The Bertz CT molecular complexity index is 929. The normalized spacial score (nSPS) is 10.3. The number of carbonyl (C=O) groups is 1. The summed E-state index contributed by atoms with van der Waals surface area (Å²) in [6.45, 7) is 0. The van der Waals surface area contributed by atoms with E-state index in [1.165, 1.54) is 24.5 Å². The van der Waals surface area contributed by atoms with Crippen LogP contribution in [0, 0.1) is 17.1 Å². The molecule has 0 amide bonds. The minimum Gasteiger partial charge on any atom is -0.465 e. The van der Waals surface area contributed by atoms with Gasteiger partial charge in [-0.3, -0.25) is 0 Å². The van der Waals surface area contributed by atoms with E-state index >= 15 is 0 Å².